The summed E-state index contributed by atoms with van der Waals surface area (Å²) < 4.78 is 17.0. The van der Waals surface area contributed by atoms with Crippen LogP contribution in [-0.2, 0) is 13.6 Å². The van der Waals surface area contributed by atoms with Crippen LogP contribution < -0.4 is 0 Å². The van der Waals surface area contributed by atoms with Crippen LogP contribution in [0.3, 0.4) is 0 Å². The highest BCUT2D eigenvalue weighted by molar-refractivity contribution is 6.67. The number of epoxide rings is 1. The van der Waals surface area contributed by atoms with Gasteiger partial charge in [-0.2, -0.15) is 0 Å². The average molecular weight is 230 g/mol. The Bertz CT molecular complexity index is 230. The first kappa shape index (κ1) is 11.6. The molecule has 15 heavy (non-hydrogen) atoms. The molecule has 2 rings (SSSR count). The van der Waals surface area contributed by atoms with E-state index in [0.717, 1.165) is 0 Å². The largest absolute Gasteiger partial charge is 0.398 e. The van der Waals surface area contributed by atoms with E-state index in [1.807, 2.05) is 0 Å². The molecule has 0 spiro atoms. The lowest BCUT2D eigenvalue weighted by Gasteiger charge is -2.35. The Labute approximate surface area is 93.3 Å². The van der Waals surface area contributed by atoms with E-state index in [1.54, 1.807) is 14.2 Å². The number of hydrogen-bond donors (Lipinski definition) is 0. The summed E-state index contributed by atoms with van der Waals surface area (Å²) in [6, 6.07) is 0. The lowest BCUT2D eigenvalue weighted by molar-refractivity contribution is 0.208. The molecule has 3 nitrogen and oxygen atoms in total. The zero-order chi connectivity index (χ0) is 11.1. The van der Waals surface area contributed by atoms with E-state index in [0.29, 0.717) is 23.7 Å². The molecule has 2 aliphatic rings. The molecule has 1 aliphatic heterocycles. The SMILES string of the molecule is CO[Si](C)(OC)C(C)C1CCCC2OC21. The van der Waals surface area contributed by atoms with Gasteiger partial charge in [0.2, 0.25) is 0 Å². The van der Waals surface area contributed by atoms with Crippen molar-refractivity contribution in [3.8, 4) is 0 Å². The third-order valence-corrected chi connectivity index (χ3v) is 8.05. The monoisotopic (exact) mass is 230 g/mol. The molecule has 0 N–H and O–H groups in total. The van der Waals surface area contributed by atoms with Crippen LogP contribution >= 0.6 is 0 Å². The van der Waals surface area contributed by atoms with E-state index in [1.165, 1.54) is 19.3 Å². The number of rotatable bonds is 4. The third kappa shape index (κ3) is 2.00. The molecule has 0 aromatic heterocycles. The minimum absolute atomic E-state index is 0.505. The fourth-order valence-electron chi connectivity index (χ4n) is 2.86. The van der Waals surface area contributed by atoms with Crippen molar-refractivity contribution >= 4 is 8.56 Å². The van der Waals surface area contributed by atoms with Gasteiger partial charge in [0.25, 0.3) is 0 Å². The number of fused-ring (bicyclic) bond motifs is 1. The predicted molar refractivity (Wildman–Crippen MR) is 61.1 cm³/mol. The molecule has 2 fully saturated rings. The maximum Gasteiger partial charge on any atom is 0.337 e. The Morgan fingerprint density at radius 1 is 1.27 bits per heavy atom. The molecular weight excluding hydrogens is 208 g/mol. The Hall–Kier alpha value is 0.0969. The van der Waals surface area contributed by atoms with Crippen LogP contribution in [0, 0.1) is 5.92 Å². The zero-order valence-corrected chi connectivity index (χ0v) is 11.2. The first-order valence-electron chi connectivity index (χ1n) is 5.88. The highest BCUT2D eigenvalue weighted by Gasteiger charge is 2.53. The lowest BCUT2D eigenvalue weighted by Crippen LogP contribution is -2.45. The van der Waals surface area contributed by atoms with E-state index >= 15 is 0 Å². The molecule has 4 atom stereocenters. The van der Waals surface area contributed by atoms with Crippen molar-refractivity contribution < 1.29 is 13.6 Å². The lowest BCUT2D eigenvalue weighted by atomic mass is 9.87. The molecule has 1 heterocycles. The van der Waals surface area contributed by atoms with Crippen LogP contribution in [0.1, 0.15) is 26.2 Å². The smallest absolute Gasteiger partial charge is 0.337 e. The first-order valence-corrected chi connectivity index (χ1v) is 8.27. The van der Waals surface area contributed by atoms with Crippen LogP contribution in [-0.4, -0.2) is 35.0 Å². The number of ether oxygens (including phenoxy) is 1. The van der Waals surface area contributed by atoms with E-state index in [-0.39, 0.29) is 0 Å². The summed E-state index contributed by atoms with van der Waals surface area (Å²) >= 11 is 0. The summed E-state index contributed by atoms with van der Waals surface area (Å²) in [5, 5.41) is 0. The summed E-state index contributed by atoms with van der Waals surface area (Å²) in [5.74, 6) is 0.653. The molecule has 0 bridgehead atoms. The summed E-state index contributed by atoms with van der Waals surface area (Å²) in [6.07, 6.45) is 4.89. The topological polar surface area (TPSA) is 31.0 Å². The van der Waals surface area contributed by atoms with Gasteiger partial charge in [0.05, 0.1) is 12.2 Å². The molecule has 0 radical (unpaired) electrons. The van der Waals surface area contributed by atoms with Gasteiger partial charge in [-0.15, -0.1) is 0 Å². The third-order valence-electron chi connectivity index (χ3n) is 4.35. The molecule has 1 saturated heterocycles. The van der Waals surface area contributed by atoms with Crippen molar-refractivity contribution in [2.24, 2.45) is 5.92 Å². The maximum absolute atomic E-state index is 5.71. The molecular formula is C11H22O3Si. The minimum atomic E-state index is -1.98. The normalized spacial score (nSPS) is 37.2. The van der Waals surface area contributed by atoms with E-state index in [4.69, 9.17) is 13.6 Å². The van der Waals surface area contributed by atoms with Crippen molar-refractivity contribution in [3.63, 3.8) is 0 Å². The quantitative estimate of drug-likeness (QED) is 0.548. The second-order valence-electron chi connectivity index (χ2n) is 4.95. The van der Waals surface area contributed by atoms with Crippen LogP contribution in [0.2, 0.25) is 12.1 Å². The van der Waals surface area contributed by atoms with Crippen LogP contribution in [0.15, 0.2) is 0 Å². The van der Waals surface area contributed by atoms with Gasteiger partial charge in [0, 0.05) is 19.8 Å². The fraction of sp³-hybridized carbons (Fsp3) is 1.00. The van der Waals surface area contributed by atoms with Crippen molar-refractivity contribution in [3.05, 3.63) is 0 Å². The highest BCUT2D eigenvalue weighted by atomic mass is 28.4. The maximum atomic E-state index is 5.71. The van der Waals surface area contributed by atoms with Gasteiger partial charge in [-0.3, -0.25) is 0 Å². The van der Waals surface area contributed by atoms with Gasteiger partial charge in [0.15, 0.2) is 0 Å². The van der Waals surface area contributed by atoms with Crippen LogP contribution in [0.4, 0.5) is 0 Å². The van der Waals surface area contributed by atoms with Crippen molar-refractivity contribution in [1.82, 2.24) is 0 Å². The van der Waals surface area contributed by atoms with Crippen molar-refractivity contribution in [2.75, 3.05) is 14.2 Å². The first-order chi connectivity index (χ1) is 7.12. The molecule has 4 unspecified atom stereocenters. The standard InChI is InChI=1S/C11H22O3Si/c1-8(15(4,12-2)13-3)9-6-5-7-10-11(9)14-10/h8-11H,5-7H2,1-4H3. The van der Waals surface area contributed by atoms with Gasteiger partial charge >= 0.3 is 8.56 Å². The van der Waals surface area contributed by atoms with Gasteiger partial charge in [0.1, 0.15) is 0 Å². The van der Waals surface area contributed by atoms with E-state index < -0.39 is 8.56 Å². The fourth-order valence-corrected chi connectivity index (χ4v) is 4.91. The summed E-state index contributed by atoms with van der Waals surface area (Å²) in [6.45, 7) is 4.43. The summed E-state index contributed by atoms with van der Waals surface area (Å²) in [7, 11) is 1.57. The second-order valence-corrected chi connectivity index (χ2v) is 8.71. The number of hydrogen-bond acceptors (Lipinski definition) is 3. The zero-order valence-electron chi connectivity index (χ0n) is 10.2. The summed E-state index contributed by atoms with van der Waals surface area (Å²) in [5.41, 5.74) is 0.516. The van der Waals surface area contributed by atoms with Crippen LogP contribution in [0.5, 0.6) is 0 Å². The van der Waals surface area contributed by atoms with Crippen molar-refractivity contribution in [2.45, 2.75) is 50.5 Å². The van der Waals surface area contributed by atoms with E-state index in [2.05, 4.69) is 13.5 Å². The van der Waals surface area contributed by atoms with Crippen molar-refractivity contribution in [1.29, 1.82) is 0 Å². The minimum Gasteiger partial charge on any atom is -0.398 e. The molecule has 1 saturated carbocycles. The van der Waals surface area contributed by atoms with E-state index in [9.17, 15) is 0 Å². The Balaban J connectivity index is 2.02. The molecule has 0 aromatic carbocycles. The Morgan fingerprint density at radius 3 is 2.53 bits per heavy atom. The molecule has 0 aromatic rings. The van der Waals surface area contributed by atoms with Gasteiger partial charge in [-0.1, -0.05) is 13.3 Å². The Morgan fingerprint density at radius 2 is 1.93 bits per heavy atom. The molecule has 4 heteroatoms. The molecule has 0 amide bonds. The Kier molecular flexibility index (Phi) is 3.21. The average Bonchev–Trinajstić information content (AvgIpc) is 3.05. The molecule has 1 aliphatic carbocycles. The van der Waals surface area contributed by atoms with Gasteiger partial charge in [-0.25, -0.2) is 0 Å². The second kappa shape index (κ2) is 4.16. The van der Waals surface area contributed by atoms with Gasteiger partial charge < -0.3 is 13.6 Å². The van der Waals surface area contributed by atoms with Crippen LogP contribution in [0.25, 0.3) is 0 Å². The summed E-state index contributed by atoms with van der Waals surface area (Å²) in [4.78, 5) is 0. The highest BCUT2D eigenvalue weighted by Crippen LogP contribution is 2.48. The van der Waals surface area contributed by atoms with Gasteiger partial charge in [-0.05, 0) is 25.3 Å². The predicted octanol–water partition coefficient (Wildman–Crippen LogP) is 2.31. The molecule has 88 valence electrons.